The lowest BCUT2D eigenvalue weighted by atomic mass is 10.2. The molecule has 0 radical (unpaired) electrons. The summed E-state index contributed by atoms with van der Waals surface area (Å²) in [4.78, 5) is 16.2. The molecular formula is C25H24N2O4S2. The van der Waals surface area contributed by atoms with Crippen molar-refractivity contribution in [2.75, 3.05) is 11.4 Å². The number of rotatable bonds is 8. The maximum atomic E-state index is 13.4. The van der Waals surface area contributed by atoms with Crippen LogP contribution in [-0.2, 0) is 23.1 Å². The van der Waals surface area contributed by atoms with Gasteiger partial charge in [0.1, 0.15) is 5.76 Å². The first-order valence-corrected chi connectivity index (χ1v) is 12.7. The van der Waals surface area contributed by atoms with Gasteiger partial charge in [-0.05, 0) is 60.8 Å². The van der Waals surface area contributed by atoms with Crippen LogP contribution in [0, 0.1) is 6.92 Å². The number of nitrogens with zero attached hydrogens (tertiary/aromatic N) is 2. The Balaban J connectivity index is 1.62. The van der Waals surface area contributed by atoms with Gasteiger partial charge in [0.05, 0.1) is 29.9 Å². The van der Waals surface area contributed by atoms with Gasteiger partial charge < -0.3 is 9.32 Å². The fraction of sp³-hybridized carbons (Fsp3) is 0.160. The largest absolute Gasteiger partial charge is 0.467 e. The highest BCUT2D eigenvalue weighted by Gasteiger charge is 2.24. The summed E-state index contributed by atoms with van der Waals surface area (Å²) in [7, 11) is -2.33. The third kappa shape index (κ3) is 5.18. The van der Waals surface area contributed by atoms with Gasteiger partial charge in [0.2, 0.25) is 0 Å². The van der Waals surface area contributed by atoms with Crippen molar-refractivity contribution in [2.24, 2.45) is 0 Å². The minimum atomic E-state index is -3.84. The van der Waals surface area contributed by atoms with E-state index in [1.807, 2.05) is 42.6 Å². The second-order valence-corrected chi connectivity index (χ2v) is 10.7. The number of carbonyl (C=O) groups is 1. The zero-order chi connectivity index (χ0) is 23.4. The lowest BCUT2D eigenvalue weighted by Crippen LogP contribution is -2.30. The Labute approximate surface area is 197 Å². The minimum absolute atomic E-state index is 0.0606. The number of anilines is 1. The second kappa shape index (κ2) is 9.64. The molecule has 0 atom stereocenters. The highest BCUT2D eigenvalue weighted by atomic mass is 32.2. The van der Waals surface area contributed by atoms with Gasteiger partial charge in [-0.3, -0.25) is 9.10 Å². The van der Waals surface area contributed by atoms with Crippen molar-refractivity contribution in [1.82, 2.24) is 4.90 Å². The normalized spacial score (nSPS) is 11.3. The number of furan rings is 1. The zero-order valence-corrected chi connectivity index (χ0v) is 20.0. The molecule has 2 heterocycles. The molecule has 0 saturated carbocycles. The summed E-state index contributed by atoms with van der Waals surface area (Å²) in [6.45, 7) is 2.62. The highest BCUT2D eigenvalue weighted by molar-refractivity contribution is 7.92. The Hall–Kier alpha value is -3.36. The van der Waals surface area contributed by atoms with Gasteiger partial charge in [-0.25, -0.2) is 8.42 Å². The van der Waals surface area contributed by atoms with Crippen LogP contribution in [0.1, 0.15) is 26.6 Å². The van der Waals surface area contributed by atoms with E-state index < -0.39 is 10.0 Å². The van der Waals surface area contributed by atoms with Crippen LogP contribution in [0.15, 0.2) is 93.8 Å². The van der Waals surface area contributed by atoms with Gasteiger partial charge in [-0.1, -0.05) is 29.8 Å². The quantitative estimate of drug-likeness (QED) is 0.342. The number of carbonyl (C=O) groups excluding carboxylic acids is 1. The van der Waals surface area contributed by atoms with E-state index in [9.17, 15) is 13.2 Å². The van der Waals surface area contributed by atoms with Gasteiger partial charge in [0.25, 0.3) is 15.9 Å². The minimum Gasteiger partial charge on any atom is -0.467 e. The molecule has 33 heavy (non-hydrogen) atoms. The molecule has 6 nitrogen and oxygen atoms in total. The molecule has 0 unspecified atom stereocenters. The number of aryl methyl sites for hydroxylation is 1. The van der Waals surface area contributed by atoms with Crippen LogP contribution < -0.4 is 4.31 Å². The van der Waals surface area contributed by atoms with E-state index >= 15 is 0 Å². The molecule has 0 N–H and O–H groups in total. The number of hydrogen-bond acceptors (Lipinski definition) is 5. The lowest BCUT2D eigenvalue weighted by Gasteiger charge is -2.23. The molecule has 0 bridgehead atoms. The van der Waals surface area contributed by atoms with Crippen LogP contribution in [0.25, 0.3) is 0 Å². The maximum Gasteiger partial charge on any atom is 0.264 e. The SMILES string of the molecule is Cc1ccc(N(C)S(=O)(=O)c2cccc(C(=O)N(Cc3ccco3)Cc3cccs3)c2)cc1. The molecule has 1 amide bonds. The Morgan fingerprint density at radius 2 is 1.76 bits per heavy atom. The maximum absolute atomic E-state index is 13.4. The molecule has 170 valence electrons. The molecule has 8 heteroatoms. The van der Waals surface area contributed by atoms with E-state index in [4.69, 9.17) is 4.42 Å². The molecular weight excluding hydrogens is 456 g/mol. The van der Waals surface area contributed by atoms with Crippen molar-refractivity contribution >= 4 is 33.0 Å². The summed E-state index contributed by atoms with van der Waals surface area (Å²) in [6, 6.07) is 20.9. The Kier molecular flexibility index (Phi) is 6.67. The van der Waals surface area contributed by atoms with Crippen molar-refractivity contribution < 1.29 is 17.6 Å². The summed E-state index contributed by atoms with van der Waals surface area (Å²) in [6.07, 6.45) is 1.57. The van der Waals surface area contributed by atoms with Crippen LogP contribution in [0.3, 0.4) is 0 Å². The zero-order valence-electron chi connectivity index (χ0n) is 18.3. The predicted octanol–water partition coefficient (Wildman–Crippen LogP) is 5.32. The first kappa shape index (κ1) is 22.8. The monoisotopic (exact) mass is 480 g/mol. The summed E-state index contributed by atoms with van der Waals surface area (Å²) in [5, 5.41) is 1.96. The number of benzene rings is 2. The molecule has 4 aromatic rings. The van der Waals surface area contributed by atoms with E-state index in [0.717, 1.165) is 10.4 Å². The first-order valence-electron chi connectivity index (χ1n) is 10.3. The average molecular weight is 481 g/mol. The number of amides is 1. The van der Waals surface area contributed by atoms with Crippen LogP contribution in [-0.4, -0.2) is 26.3 Å². The van der Waals surface area contributed by atoms with E-state index in [1.54, 1.807) is 52.8 Å². The molecule has 2 aromatic heterocycles. The molecule has 0 saturated heterocycles. The fourth-order valence-corrected chi connectivity index (χ4v) is 5.37. The Morgan fingerprint density at radius 3 is 2.42 bits per heavy atom. The molecule has 0 aliphatic rings. The molecule has 2 aromatic carbocycles. The predicted molar refractivity (Wildman–Crippen MR) is 130 cm³/mol. The molecule has 0 spiro atoms. The topological polar surface area (TPSA) is 70.8 Å². The van der Waals surface area contributed by atoms with Gasteiger partial charge in [0, 0.05) is 17.5 Å². The lowest BCUT2D eigenvalue weighted by molar-refractivity contribution is 0.0719. The van der Waals surface area contributed by atoms with Crippen molar-refractivity contribution in [2.45, 2.75) is 24.9 Å². The first-order chi connectivity index (χ1) is 15.8. The van der Waals surface area contributed by atoms with Crippen molar-refractivity contribution in [1.29, 1.82) is 0 Å². The van der Waals surface area contributed by atoms with E-state index in [1.165, 1.54) is 23.5 Å². The Morgan fingerprint density at radius 1 is 0.970 bits per heavy atom. The number of sulfonamides is 1. The summed E-state index contributed by atoms with van der Waals surface area (Å²) < 4.78 is 33.2. The third-order valence-electron chi connectivity index (χ3n) is 5.28. The van der Waals surface area contributed by atoms with Gasteiger partial charge in [-0.2, -0.15) is 0 Å². The van der Waals surface area contributed by atoms with Crippen LogP contribution in [0.2, 0.25) is 0 Å². The van der Waals surface area contributed by atoms with Crippen molar-refractivity contribution in [3.63, 3.8) is 0 Å². The third-order valence-corrected chi connectivity index (χ3v) is 7.92. The van der Waals surface area contributed by atoms with Gasteiger partial charge in [0.15, 0.2) is 0 Å². The summed E-state index contributed by atoms with van der Waals surface area (Å²) in [5.74, 6) is 0.387. The van der Waals surface area contributed by atoms with E-state index in [-0.39, 0.29) is 17.3 Å². The highest BCUT2D eigenvalue weighted by Crippen LogP contribution is 2.24. The van der Waals surface area contributed by atoms with Gasteiger partial charge in [-0.15, -0.1) is 11.3 Å². The van der Waals surface area contributed by atoms with Crippen molar-refractivity contribution in [3.8, 4) is 0 Å². The van der Waals surface area contributed by atoms with Crippen LogP contribution in [0.4, 0.5) is 5.69 Å². The fourth-order valence-electron chi connectivity index (χ4n) is 3.40. The number of thiophene rings is 1. The van der Waals surface area contributed by atoms with E-state index in [2.05, 4.69) is 0 Å². The summed E-state index contributed by atoms with van der Waals surface area (Å²) >= 11 is 1.56. The standard InChI is InChI=1S/C25H24N2O4S2/c1-19-10-12-21(13-11-19)26(2)33(29,30)24-9-3-6-20(16-24)25(28)27(17-22-7-4-14-31-22)18-23-8-5-15-32-23/h3-16H,17-18H2,1-2H3. The second-order valence-electron chi connectivity index (χ2n) is 7.66. The van der Waals surface area contributed by atoms with Crippen LogP contribution in [0.5, 0.6) is 0 Å². The average Bonchev–Trinajstić information content (AvgIpc) is 3.53. The smallest absolute Gasteiger partial charge is 0.264 e. The Bertz CT molecular complexity index is 1280. The molecule has 0 aliphatic carbocycles. The molecule has 4 rings (SSSR count). The van der Waals surface area contributed by atoms with Crippen molar-refractivity contribution in [3.05, 3.63) is 106 Å². The summed E-state index contributed by atoms with van der Waals surface area (Å²) in [5.41, 5.74) is 1.89. The van der Waals surface area contributed by atoms with E-state index in [0.29, 0.717) is 23.6 Å². The number of hydrogen-bond donors (Lipinski definition) is 0. The molecule has 0 fully saturated rings. The van der Waals surface area contributed by atoms with Crippen LogP contribution >= 0.6 is 11.3 Å². The van der Waals surface area contributed by atoms with Gasteiger partial charge >= 0.3 is 0 Å². The molecule has 0 aliphatic heterocycles.